The molecule has 0 bridgehead atoms. The maximum absolute atomic E-state index is 5.66. The molecule has 0 spiro atoms. The molecule has 0 aromatic heterocycles. The second-order valence-corrected chi connectivity index (χ2v) is 11.2. The Kier molecular flexibility index (Phi) is 9.59. The van der Waals surface area contributed by atoms with Crippen LogP contribution in [0, 0.1) is 0 Å². The van der Waals surface area contributed by atoms with E-state index in [2.05, 4.69) is 115 Å². The maximum Gasteiger partial charge on any atom is -0.147 e. The molecule has 0 atom stereocenters. The summed E-state index contributed by atoms with van der Waals surface area (Å²) in [6.07, 6.45) is 1.01. The van der Waals surface area contributed by atoms with E-state index in [4.69, 9.17) is 4.74 Å². The second kappa shape index (κ2) is 11.9. The van der Waals surface area contributed by atoms with Crippen molar-refractivity contribution in [3.05, 3.63) is 121 Å². The third-order valence-corrected chi connectivity index (χ3v) is 10.4. The zero-order valence-electron chi connectivity index (χ0n) is 17.6. The van der Waals surface area contributed by atoms with Gasteiger partial charge in [0.25, 0.3) is 0 Å². The third-order valence-electron chi connectivity index (χ3n) is 5.50. The minimum absolute atomic E-state index is 0. The monoisotopic (exact) mass is 470 g/mol. The van der Waals surface area contributed by atoms with E-state index in [0.717, 1.165) is 11.9 Å². The van der Waals surface area contributed by atoms with Gasteiger partial charge in [-0.25, -0.2) is 0 Å². The first-order chi connectivity index (χ1) is 14.3. The Balaban J connectivity index is 0.00000171. The molecule has 0 aliphatic rings. The van der Waals surface area contributed by atoms with Gasteiger partial charge in [0.05, 0.1) is 0 Å². The average molecular weight is 471 g/mol. The van der Waals surface area contributed by atoms with Crippen molar-refractivity contribution in [1.82, 2.24) is 0 Å². The van der Waals surface area contributed by atoms with Crippen LogP contribution in [0.25, 0.3) is 0 Å². The summed E-state index contributed by atoms with van der Waals surface area (Å²) in [5, 5.41) is 4.31. The SMILES string of the molecule is CCOc1ccc(C[PH](c2ccccc2)(c2ccccc2)c2ccccc2)cc1.Cl.Cl. The Bertz CT molecular complexity index is 926. The van der Waals surface area contributed by atoms with E-state index in [1.165, 1.54) is 21.5 Å². The standard InChI is InChI=1S/C27H27OP.2ClH/c1-2-28-24-20-18-23(19-21-24)22-29(25-12-6-3-7-13-25,26-14-8-4-9-15-26)27-16-10-5-11-17-27;;/h3-21,29H,2,22H2,1H3;2*1H. The Morgan fingerprint density at radius 3 is 1.29 bits per heavy atom. The van der Waals surface area contributed by atoms with Crippen LogP contribution in [0.15, 0.2) is 115 Å². The van der Waals surface area contributed by atoms with Crippen LogP contribution in [-0.4, -0.2) is 6.61 Å². The number of halogens is 2. The van der Waals surface area contributed by atoms with Crippen LogP contribution in [-0.2, 0) is 6.16 Å². The first-order valence-electron chi connectivity index (χ1n) is 10.2. The summed E-state index contributed by atoms with van der Waals surface area (Å²) in [7, 11) is -2.24. The molecule has 4 heteroatoms. The predicted molar refractivity (Wildman–Crippen MR) is 142 cm³/mol. The van der Waals surface area contributed by atoms with Crippen molar-refractivity contribution >= 4 is 48.0 Å². The van der Waals surface area contributed by atoms with Gasteiger partial charge < -0.3 is 0 Å². The van der Waals surface area contributed by atoms with Crippen LogP contribution >= 0.6 is 32.1 Å². The molecule has 0 N–H and O–H groups in total. The van der Waals surface area contributed by atoms with E-state index in [0.29, 0.717) is 6.61 Å². The van der Waals surface area contributed by atoms with E-state index < -0.39 is 7.26 Å². The Morgan fingerprint density at radius 2 is 0.935 bits per heavy atom. The average Bonchev–Trinajstić information content (AvgIpc) is 2.80. The number of hydrogen-bond donors (Lipinski definition) is 0. The fourth-order valence-corrected chi connectivity index (χ4v) is 8.90. The molecule has 0 aliphatic carbocycles. The van der Waals surface area contributed by atoms with Gasteiger partial charge in [-0.05, 0) is 0 Å². The van der Waals surface area contributed by atoms with Gasteiger partial charge in [0.15, 0.2) is 0 Å². The summed E-state index contributed by atoms with van der Waals surface area (Å²) in [6, 6.07) is 41.8. The number of hydrogen-bond acceptors (Lipinski definition) is 1. The van der Waals surface area contributed by atoms with Crippen LogP contribution < -0.4 is 20.7 Å². The van der Waals surface area contributed by atoms with Crippen LogP contribution in [0.2, 0.25) is 0 Å². The van der Waals surface area contributed by atoms with Gasteiger partial charge in [0.2, 0.25) is 0 Å². The van der Waals surface area contributed by atoms with E-state index in [1.807, 2.05) is 6.92 Å². The first-order valence-corrected chi connectivity index (χ1v) is 12.4. The zero-order valence-corrected chi connectivity index (χ0v) is 20.2. The third kappa shape index (κ3) is 5.49. The molecule has 0 aliphatic heterocycles. The summed E-state index contributed by atoms with van der Waals surface area (Å²) in [5.74, 6) is 0.933. The maximum atomic E-state index is 5.66. The van der Waals surface area contributed by atoms with E-state index in [9.17, 15) is 0 Å². The molecule has 4 rings (SSSR count). The Hall–Kier alpha value is -2.31. The molecule has 4 aromatic carbocycles. The van der Waals surface area contributed by atoms with Crippen molar-refractivity contribution < 1.29 is 4.74 Å². The quantitative estimate of drug-likeness (QED) is 0.294. The van der Waals surface area contributed by atoms with Gasteiger partial charge in [0.1, 0.15) is 0 Å². The fraction of sp³-hybridized carbons (Fsp3) is 0.111. The predicted octanol–water partition coefficient (Wildman–Crippen LogP) is 6.16. The van der Waals surface area contributed by atoms with Gasteiger partial charge in [-0.15, -0.1) is 24.8 Å². The summed E-state index contributed by atoms with van der Waals surface area (Å²) in [6.45, 7) is 2.71. The number of benzene rings is 4. The molecule has 0 amide bonds. The van der Waals surface area contributed by atoms with Crippen molar-refractivity contribution in [3.8, 4) is 5.75 Å². The van der Waals surface area contributed by atoms with Crippen LogP contribution in [0.5, 0.6) is 5.75 Å². The minimum Gasteiger partial charge on any atom is -0.147 e. The summed E-state index contributed by atoms with van der Waals surface area (Å²) in [5.41, 5.74) is 1.34. The van der Waals surface area contributed by atoms with Crippen molar-refractivity contribution in [2.24, 2.45) is 0 Å². The second-order valence-electron chi connectivity index (χ2n) is 7.26. The normalized spacial score (nSPS) is 11.0. The summed E-state index contributed by atoms with van der Waals surface area (Å²) in [4.78, 5) is 0. The summed E-state index contributed by atoms with van der Waals surface area (Å²) < 4.78 is 5.66. The number of rotatable bonds is 7. The van der Waals surface area contributed by atoms with Crippen molar-refractivity contribution in [2.45, 2.75) is 13.1 Å². The van der Waals surface area contributed by atoms with E-state index >= 15 is 0 Å². The zero-order chi connectivity index (χ0) is 19.9. The molecule has 0 unspecified atom stereocenters. The van der Waals surface area contributed by atoms with Crippen LogP contribution in [0.1, 0.15) is 12.5 Å². The molecule has 1 nitrogen and oxygen atoms in total. The molecule has 162 valence electrons. The fourth-order valence-electron chi connectivity index (χ4n) is 4.15. The van der Waals surface area contributed by atoms with Gasteiger partial charge in [0, 0.05) is 0 Å². The van der Waals surface area contributed by atoms with Gasteiger partial charge >= 0.3 is 174 Å². The molecular formula is C27H29Cl2OP. The van der Waals surface area contributed by atoms with Gasteiger partial charge in [-0.1, -0.05) is 0 Å². The van der Waals surface area contributed by atoms with Crippen molar-refractivity contribution in [3.63, 3.8) is 0 Å². The minimum atomic E-state index is -2.24. The van der Waals surface area contributed by atoms with Crippen LogP contribution in [0.3, 0.4) is 0 Å². The molecular weight excluding hydrogens is 442 g/mol. The van der Waals surface area contributed by atoms with Gasteiger partial charge in [-0.3, -0.25) is 0 Å². The molecule has 0 radical (unpaired) electrons. The number of ether oxygens (including phenoxy) is 1. The first kappa shape index (κ1) is 25.0. The molecule has 0 saturated carbocycles. The van der Waals surface area contributed by atoms with Gasteiger partial charge in [-0.2, -0.15) is 0 Å². The van der Waals surface area contributed by atoms with E-state index in [-0.39, 0.29) is 24.8 Å². The van der Waals surface area contributed by atoms with Crippen molar-refractivity contribution in [2.75, 3.05) is 6.61 Å². The van der Waals surface area contributed by atoms with E-state index in [1.54, 1.807) is 0 Å². The summed E-state index contributed by atoms with van der Waals surface area (Å²) >= 11 is 0. The molecule has 0 heterocycles. The Labute approximate surface area is 198 Å². The smallest absolute Gasteiger partial charge is 0.147 e. The molecule has 0 fully saturated rings. The Morgan fingerprint density at radius 1 is 0.548 bits per heavy atom. The van der Waals surface area contributed by atoms with Crippen molar-refractivity contribution in [1.29, 1.82) is 0 Å². The molecule has 0 saturated heterocycles. The van der Waals surface area contributed by atoms with Crippen LogP contribution in [0.4, 0.5) is 0 Å². The topological polar surface area (TPSA) is 9.23 Å². The largest absolute Gasteiger partial charge is 0.147 e. The molecule has 31 heavy (non-hydrogen) atoms. The molecule has 4 aromatic rings.